The maximum atomic E-state index is 11.6. The molecule has 4 amide bonds. The zero-order valence-corrected chi connectivity index (χ0v) is 11.1. The van der Waals surface area contributed by atoms with Crippen molar-refractivity contribution in [2.45, 2.75) is 25.3 Å². The van der Waals surface area contributed by atoms with Crippen molar-refractivity contribution < 1.29 is 14.4 Å². The van der Waals surface area contributed by atoms with Gasteiger partial charge in [-0.05, 0) is 24.3 Å². The van der Waals surface area contributed by atoms with Crippen molar-refractivity contribution in [1.82, 2.24) is 16.0 Å². The zero-order valence-electron chi connectivity index (χ0n) is 10.3. The smallest absolute Gasteiger partial charge is 0.322 e. The highest BCUT2D eigenvalue weighted by molar-refractivity contribution is 7.09. The van der Waals surface area contributed by atoms with Crippen molar-refractivity contribution >= 4 is 29.2 Å². The average molecular weight is 281 g/mol. The molecule has 6 nitrogen and oxygen atoms in total. The predicted molar refractivity (Wildman–Crippen MR) is 70.7 cm³/mol. The predicted octanol–water partition coefficient (Wildman–Crippen LogP) is 0.395. The minimum absolute atomic E-state index is 0.106. The van der Waals surface area contributed by atoms with E-state index in [0.717, 1.165) is 6.42 Å². The molecule has 1 aromatic heterocycles. The summed E-state index contributed by atoms with van der Waals surface area (Å²) in [6.45, 7) is 0.586. The van der Waals surface area contributed by atoms with E-state index in [0.29, 0.717) is 13.0 Å². The number of rotatable bonds is 6. The first-order valence-electron chi connectivity index (χ1n) is 6.05. The van der Waals surface area contributed by atoms with Crippen LogP contribution >= 0.6 is 11.3 Å². The van der Waals surface area contributed by atoms with Crippen LogP contribution in [0.15, 0.2) is 17.5 Å². The van der Waals surface area contributed by atoms with Crippen LogP contribution in [0.2, 0.25) is 0 Å². The van der Waals surface area contributed by atoms with Crippen LogP contribution in [0.5, 0.6) is 0 Å². The molecule has 19 heavy (non-hydrogen) atoms. The van der Waals surface area contributed by atoms with Crippen LogP contribution in [0, 0.1) is 0 Å². The first kappa shape index (κ1) is 13.5. The topological polar surface area (TPSA) is 87.3 Å². The molecule has 1 fully saturated rings. The second-order valence-electron chi connectivity index (χ2n) is 4.23. The quantitative estimate of drug-likeness (QED) is 0.659. The maximum Gasteiger partial charge on any atom is 0.322 e. The van der Waals surface area contributed by atoms with Crippen LogP contribution in [0.1, 0.15) is 17.7 Å². The minimum Gasteiger partial charge on any atom is -0.356 e. The first-order chi connectivity index (χ1) is 9.15. The van der Waals surface area contributed by atoms with Gasteiger partial charge in [-0.15, -0.1) is 11.3 Å². The van der Waals surface area contributed by atoms with E-state index in [4.69, 9.17) is 0 Å². The van der Waals surface area contributed by atoms with E-state index in [9.17, 15) is 14.4 Å². The van der Waals surface area contributed by atoms with Gasteiger partial charge >= 0.3 is 6.03 Å². The third-order valence-electron chi connectivity index (χ3n) is 2.79. The Hall–Kier alpha value is -1.89. The van der Waals surface area contributed by atoms with E-state index >= 15 is 0 Å². The first-order valence-corrected chi connectivity index (χ1v) is 6.93. The van der Waals surface area contributed by atoms with Crippen LogP contribution in [0.25, 0.3) is 0 Å². The molecule has 1 aromatic rings. The monoisotopic (exact) mass is 281 g/mol. The van der Waals surface area contributed by atoms with Gasteiger partial charge in [0.1, 0.15) is 6.04 Å². The van der Waals surface area contributed by atoms with Crippen molar-refractivity contribution in [3.8, 4) is 0 Å². The molecule has 0 aliphatic carbocycles. The van der Waals surface area contributed by atoms with Crippen LogP contribution in [0.4, 0.5) is 4.79 Å². The van der Waals surface area contributed by atoms with Crippen LogP contribution in [0.3, 0.4) is 0 Å². The third kappa shape index (κ3) is 4.06. The molecule has 7 heteroatoms. The fraction of sp³-hybridized carbons (Fsp3) is 0.417. The molecule has 1 aliphatic rings. The van der Waals surface area contributed by atoms with Gasteiger partial charge < -0.3 is 10.6 Å². The van der Waals surface area contributed by atoms with E-state index in [2.05, 4.69) is 16.0 Å². The molecule has 0 bridgehead atoms. The summed E-state index contributed by atoms with van der Waals surface area (Å²) >= 11 is 1.66. The Balaban J connectivity index is 1.62. The Bertz CT molecular complexity index is 473. The lowest BCUT2D eigenvalue weighted by molar-refractivity contribution is -0.122. The number of carbonyl (C=O) groups excluding carboxylic acids is 3. The Morgan fingerprint density at radius 2 is 2.26 bits per heavy atom. The number of amides is 4. The molecular weight excluding hydrogens is 266 g/mol. The average Bonchev–Trinajstić information content (AvgIpc) is 2.97. The lowest BCUT2D eigenvalue weighted by atomic mass is 10.1. The highest BCUT2D eigenvalue weighted by Crippen LogP contribution is 2.08. The lowest BCUT2D eigenvalue weighted by Gasteiger charge is -2.07. The summed E-state index contributed by atoms with van der Waals surface area (Å²) in [6, 6.07) is 2.92. The molecule has 0 spiro atoms. The number of nitrogens with one attached hydrogen (secondary N) is 3. The maximum absolute atomic E-state index is 11.6. The molecule has 1 atom stereocenters. The summed E-state index contributed by atoms with van der Waals surface area (Å²) in [6.07, 6.45) is 1.36. The summed E-state index contributed by atoms with van der Waals surface area (Å²) in [5, 5.41) is 9.39. The Kier molecular flexibility index (Phi) is 4.51. The van der Waals surface area contributed by atoms with Crippen molar-refractivity contribution in [3.05, 3.63) is 22.4 Å². The third-order valence-corrected chi connectivity index (χ3v) is 3.73. The van der Waals surface area contributed by atoms with Crippen LogP contribution < -0.4 is 16.0 Å². The highest BCUT2D eigenvalue weighted by atomic mass is 32.1. The standard InChI is InChI=1S/C12H15N3O3S/c16-10(13-6-5-8-2-1-7-19-8)4-3-9-11(17)15-12(18)14-9/h1-2,7,9H,3-6H2,(H,13,16)(H2,14,15,17,18)/t9-/m1/s1. The van der Waals surface area contributed by atoms with Crippen LogP contribution in [-0.4, -0.2) is 30.4 Å². The number of imide groups is 1. The van der Waals surface area contributed by atoms with Gasteiger partial charge in [-0.1, -0.05) is 6.07 Å². The Morgan fingerprint density at radius 3 is 2.89 bits per heavy atom. The molecule has 3 N–H and O–H groups in total. The van der Waals surface area contributed by atoms with Crippen LogP contribution in [-0.2, 0) is 16.0 Å². The number of hydrogen-bond donors (Lipinski definition) is 3. The van der Waals surface area contributed by atoms with E-state index < -0.39 is 12.1 Å². The van der Waals surface area contributed by atoms with Crippen molar-refractivity contribution in [1.29, 1.82) is 0 Å². The summed E-state index contributed by atoms with van der Waals surface area (Å²) in [5.41, 5.74) is 0. The second kappa shape index (κ2) is 6.33. The fourth-order valence-electron chi connectivity index (χ4n) is 1.81. The number of urea groups is 1. The number of hydrogen-bond acceptors (Lipinski definition) is 4. The van der Waals surface area contributed by atoms with E-state index in [1.165, 1.54) is 4.88 Å². The molecule has 0 saturated carbocycles. The van der Waals surface area contributed by atoms with Crippen molar-refractivity contribution in [2.75, 3.05) is 6.54 Å². The molecule has 2 rings (SSSR count). The summed E-state index contributed by atoms with van der Waals surface area (Å²) in [4.78, 5) is 34.9. The van der Waals surface area contributed by atoms with Gasteiger partial charge in [0.25, 0.3) is 5.91 Å². The zero-order chi connectivity index (χ0) is 13.7. The summed E-state index contributed by atoms with van der Waals surface area (Å²) in [7, 11) is 0. The number of carbonyl (C=O) groups is 3. The van der Waals surface area contributed by atoms with Gasteiger partial charge in [-0.25, -0.2) is 4.79 Å². The molecule has 0 radical (unpaired) electrons. The molecular formula is C12H15N3O3S. The van der Waals surface area contributed by atoms with E-state index in [-0.39, 0.29) is 18.2 Å². The SMILES string of the molecule is O=C(CC[C@H]1NC(=O)NC1=O)NCCc1cccs1. The van der Waals surface area contributed by atoms with Gasteiger partial charge in [0.05, 0.1) is 0 Å². The summed E-state index contributed by atoms with van der Waals surface area (Å²) < 4.78 is 0. The second-order valence-corrected chi connectivity index (χ2v) is 5.27. The lowest BCUT2D eigenvalue weighted by Crippen LogP contribution is -2.32. The molecule has 0 aromatic carbocycles. The Labute approximate surface area is 114 Å². The highest BCUT2D eigenvalue weighted by Gasteiger charge is 2.29. The number of thiophene rings is 1. The molecule has 2 heterocycles. The summed E-state index contributed by atoms with van der Waals surface area (Å²) in [5.74, 6) is -0.470. The van der Waals surface area contributed by atoms with E-state index in [1.807, 2.05) is 17.5 Å². The van der Waals surface area contributed by atoms with Gasteiger partial charge in [0, 0.05) is 17.8 Å². The van der Waals surface area contributed by atoms with Gasteiger partial charge in [-0.2, -0.15) is 0 Å². The fourth-order valence-corrected chi connectivity index (χ4v) is 2.51. The normalized spacial score (nSPS) is 18.0. The molecule has 102 valence electrons. The van der Waals surface area contributed by atoms with Crippen molar-refractivity contribution in [2.24, 2.45) is 0 Å². The van der Waals surface area contributed by atoms with Crippen molar-refractivity contribution in [3.63, 3.8) is 0 Å². The molecule has 0 unspecified atom stereocenters. The molecule has 1 saturated heterocycles. The largest absolute Gasteiger partial charge is 0.356 e. The van der Waals surface area contributed by atoms with Gasteiger partial charge in [-0.3, -0.25) is 14.9 Å². The molecule has 1 aliphatic heterocycles. The Morgan fingerprint density at radius 1 is 1.42 bits per heavy atom. The van der Waals surface area contributed by atoms with Gasteiger partial charge in [0.2, 0.25) is 5.91 Å². The van der Waals surface area contributed by atoms with Gasteiger partial charge in [0.15, 0.2) is 0 Å². The minimum atomic E-state index is -0.587. The van der Waals surface area contributed by atoms with E-state index in [1.54, 1.807) is 11.3 Å².